The minimum atomic E-state index is -0.456. The van der Waals surface area contributed by atoms with Crippen molar-refractivity contribution in [1.82, 2.24) is 4.98 Å². The van der Waals surface area contributed by atoms with E-state index in [-0.39, 0.29) is 55.1 Å². The molecule has 176 valence electrons. The van der Waals surface area contributed by atoms with Crippen LogP contribution in [-0.2, 0) is 28.6 Å². The normalized spacial score (nSPS) is 30.2. The van der Waals surface area contributed by atoms with Crippen LogP contribution in [0.5, 0.6) is 0 Å². The van der Waals surface area contributed by atoms with Crippen LogP contribution in [0.15, 0.2) is 42.0 Å². The van der Waals surface area contributed by atoms with Gasteiger partial charge in [-0.15, -0.1) is 0 Å². The number of ether oxygens (including phenoxy) is 3. The number of hydrogen-bond acceptors (Lipinski definition) is 8. The Morgan fingerprint density at radius 3 is 2.97 bits per heavy atom. The number of amides is 1. The van der Waals surface area contributed by atoms with Crippen molar-refractivity contribution >= 4 is 29.5 Å². The highest BCUT2D eigenvalue weighted by atomic mass is 16.6. The minimum absolute atomic E-state index is 0.0194. The quantitative estimate of drug-likeness (QED) is 0.289. The van der Waals surface area contributed by atoms with Gasteiger partial charge < -0.3 is 25.3 Å². The van der Waals surface area contributed by atoms with Crippen molar-refractivity contribution in [3.05, 3.63) is 42.0 Å². The molecule has 0 aromatic carbocycles. The monoisotopic (exact) mass is 455 g/mol. The lowest BCUT2D eigenvalue weighted by Gasteiger charge is -2.20. The number of carbonyl (C=O) groups is 3. The molecule has 2 fully saturated rings. The predicted molar refractivity (Wildman–Crippen MR) is 120 cm³/mol. The number of pyridine rings is 1. The number of esters is 2. The van der Waals surface area contributed by atoms with Gasteiger partial charge in [-0.05, 0) is 50.3 Å². The van der Waals surface area contributed by atoms with E-state index in [9.17, 15) is 14.4 Å². The summed E-state index contributed by atoms with van der Waals surface area (Å²) >= 11 is 0. The summed E-state index contributed by atoms with van der Waals surface area (Å²) in [6, 6.07) is 4.92. The van der Waals surface area contributed by atoms with E-state index in [1.807, 2.05) is 6.92 Å². The van der Waals surface area contributed by atoms with Crippen LogP contribution in [0.2, 0.25) is 0 Å². The third-order valence-electron chi connectivity index (χ3n) is 6.45. The van der Waals surface area contributed by atoms with Crippen LogP contribution in [0.25, 0.3) is 0 Å². The van der Waals surface area contributed by atoms with Crippen LogP contribution in [0.3, 0.4) is 0 Å². The maximum atomic E-state index is 12.2. The molecule has 1 aromatic heterocycles. The number of hydrogen-bond donors (Lipinski definition) is 2. The average molecular weight is 456 g/mol. The summed E-state index contributed by atoms with van der Waals surface area (Å²) in [6.45, 7) is 6.09. The molecule has 9 nitrogen and oxygen atoms in total. The van der Waals surface area contributed by atoms with E-state index in [2.05, 4.69) is 23.0 Å². The molecule has 0 spiro atoms. The fourth-order valence-corrected chi connectivity index (χ4v) is 4.44. The molecular weight excluding hydrogens is 426 g/mol. The Bertz CT molecular complexity index is 1010. The van der Waals surface area contributed by atoms with Crippen molar-refractivity contribution in [2.24, 2.45) is 5.92 Å². The number of aromatic nitrogens is 1. The summed E-state index contributed by atoms with van der Waals surface area (Å²) in [5.41, 5.74) is 6.74. The number of nitrogen functional groups attached to an aromatic ring is 1. The van der Waals surface area contributed by atoms with Gasteiger partial charge in [0.25, 0.3) is 0 Å². The molecule has 0 radical (unpaired) electrons. The van der Waals surface area contributed by atoms with Crippen LogP contribution in [0.1, 0.15) is 45.4 Å². The number of rotatable bonds is 6. The minimum Gasteiger partial charge on any atom is -0.461 e. The molecule has 1 aromatic rings. The molecular formula is C24H29N3O6. The number of epoxide rings is 1. The average Bonchev–Trinajstić information content (AvgIpc) is 3.36. The van der Waals surface area contributed by atoms with Gasteiger partial charge in [-0.25, -0.2) is 9.78 Å². The van der Waals surface area contributed by atoms with Crippen molar-refractivity contribution in [2.75, 3.05) is 17.7 Å². The molecule has 3 aliphatic rings. The molecule has 0 saturated carbocycles. The molecule has 1 aliphatic carbocycles. The molecule has 9 heteroatoms. The van der Waals surface area contributed by atoms with Crippen molar-refractivity contribution in [1.29, 1.82) is 0 Å². The molecule has 2 saturated heterocycles. The topological polar surface area (TPSA) is 133 Å². The first kappa shape index (κ1) is 23.0. The summed E-state index contributed by atoms with van der Waals surface area (Å²) in [6.07, 6.45) is 4.53. The lowest BCUT2D eigenvalue weighted by atomic mass is 9.84. The van der Waals surface area contributed by atoms with Crippen LogP contribution in [-0.4, -0.2) is 47.2 Å². The second kappa shape index (κ2) is 9.35. The van der Waals surface area contributed by atoms with E-state index < -0.39 is 5.97 Å². The molecule has 3 N–H and O–H groups in total. The first-order valence-electron chi connectivity index (χ1n) is 11.2. The van der Waals surface area contributed by atoms with Crippen molar-refractivity contribution in [2.45, 2.75) is 63.3 Å². The van der Waals surface area contributed by atoms with E-state index >= 15 is 0 Å². The van der Waals surface area contributed by atoms with Crippen molar-refractivity contribution < 1.29 is 28.6 Å². The predicted octanol–water partition coefficient (Wildman–Crippen LogP) is 2.68. The molecule has 0 unspecified atom stereocenters. The zero-order valence-corrected chi connectivity index (χ0v) is 18.7. The number of anilines is 2. The number of nitrogens with two attached hydrogens (primary N) is 1. The fourth-order valence-electron chi connectivity index (χ4n) is 4.44. The number of carbonyl (C=O) groups excluding carboxylic acids is 3. The van der Waals surface area contributed by atoms with Crippen LogP contribution in [0, 0.1) is 5.92 Å². The zero-order chi connectivity index (χ0) is 23.6. The SMILES string of the molecule is C=C1C(=O)O[C@H]2[C@H]1CC/C(COC(=O)CCC(=O)Nc1cccc(N)n1)=C\CC[C@@]1(C)O[C@@H]21. The van der Waals surface area contributed by atoms with Gasteiger partial charge in [0, 0.05) is 17.9 Å². The number of nitrogens with one attached hydrogen (secondary N) is 1. The molecule has 3 heterocycles. The Balaban J connectivity index is 1.27. The Morgan fingerprint density at radius 1 is 1.36 bits per heavy atom. The fraction of sp³-hybridized carbons (Fsp3) is 0.500. The first-order chi connectivity index (χ1) is 15.7. The Hall–Kier alpha value is -3.20. The highest BCUT2D eigenvalue weighted by Crippen LogP contribution is 2.49. The number of fused-ring (bicyclic) bond motifs is 3. The highest BCUT2D eigenvalue weighted by Gasteiger charge is 2.61. The second-order valence-electron chi connectivity index (χ2n) is 8.95. The third-order valence-corrected chi connectivity index (χ3v) is 6.45. The largest absolute Gasteiger partial charge is 0.461 e. The van der Waals surface area contributed by atoms with Gasteiger partial charge in [-0.3, -0.25) is 9.59 Å². The number of nitrogens with zero attached hydrogens (tertiary/aromatic N) is 1. The van der Waals surface area contributed by atoms with Gasteiger partial charge >= 0.3 is 11.9 Å². The molecule has 0 bridgehead atoms. The molecule has 33 heavy (non-hydrogen) atoms. The van der Waals surface area contributed by atoms with Crippen molar-refractivity contribution in [3.8, 4) is 0 Å². The summed E-state index contributed by atoms with van der Waals surface area (Å²) in [7, 11) is 0. The van der Waals surface area contributed by atoms with Crippen LogP contribution in [0.4, 0.5) is 11.6 Å². The van der Waals surface area contributed by atoms with Gasteiger partial charge in [0.2, 0.25) is 5.91 Å². The Morgan fingerprint density at radius 2 is 2.18 bits per heavy atom. The van der Waals surface area contributed by atoms with Crippen molar-refractivity contribution in [3.63, 3.8) is 0 Å². The Kier molecular flexibility index (Phi) is 6.51. The Labute approximate surface area is 192 Å². The van der Waals surface area contributed by atoms with E-state index in [1.54, 1.807) is 18.2 Å². The molecule has 4 atom stereocenters. The summed E-state index contributed by atoms with van der Waals surface area (Å²) < 4.78 is 16.9. The van der Waals surface area contributed by atoms with E-state index in [0.29, 0.717) is 30.1 Å². The second-order valence-corrected chi connectivity index (χ2v) is 8.95. The van der Waals surface area contributed by atoms with Crippen LogP contribution >= 0.6 is 0 Å². The lowest BCUT2D eigenvalue weighted by molar-refractivity contribution is -0.144. The first-order valence-corrected chi connectivity index (χ1v) is 11.2. The summed E-state index contributed by atoms with van der Waals surface area (Å²) in [5, 5.41) is 2.60. The third kappa shape index (κ3) is 5.42. The summed E-state index contributed by atoms with van der Waals surface area (Å²) in [4.78, 5) is 40.3. The number of allylic oxidation sites excluding steroid dienone is 1. The standard InChI is InChI=1S/C24H29N3O6/c1-14-16-9-8-15(5-4-12-24(2)22(33-24)21(16)32-23(14)30)13-31-20(29)11-10-19(28)27-18-7-3-6-17(25)26-18/h3,5-7,16,21-22H,1,4,8-13H2,2H3,(H3,25,26,27,28)/b15-5+/t16-,21-,22-,24+/m0/s1. The maximum absolute atomic E-state index is 12.2. The molecule has 1 amide bonds. The van der Waals surface area contributed by atoms with E-state index in [1.165, 1.54) is 0 Å². The van der Waals surface area contributed by atoms with E-state index in [0.717, 1.165) is 18.4 Å². The smallest absolute Gasteiger partial charge is 0.334 e. The van der Waals surface area contributed by atoms with Crippen LogP contribution < -0.4 is 11.1 Å². The van der Waals surface area contributed by atoms with E-state index in [4.69, 9.17) is 19.9 Å². The molecule has 4 rings (SSSR count). The zero-order valence-electron chi connectivity index (χ0n) is 18.7. The van der Waals surface area contributed by atoms with Gasteiger partial charge in [-0.2, -0.15) is 0 Å². The van der Waals surface area contributed by atoms with Gasteiger partial charge in [-0.1, -0.05) is 18.7 Å². The highest BCUT2D eigenvalue weighted by molar-refractivity contribution is 5.92. The summed E-state index contributed by atoms with van der Waals surface area (Å²) in [5.74, 6) is -0.623. The van der Waals surface area contributed by atoms with Gasteiger partial charge in [0.1, 0.15) is 30.5 Å². The van der Waals surface area contributed by atoms with Gasteiger partial charge in [0.05, 0.1) is 12.0 Å². The molecule has 2 aliphatic heterocycles. The lowest BCUT2D eigenvalue weighted by Crippen LogP contribution is -2.29. The van der Waals surface area contributed by atoms with Gasteiger partial charge in [0.15, 0.2) is 0 Å². The maximum Gasteiger partial charge on any atom is 0.334 e.